The molecule has 0 aliphatic rings. The Bertz CT molecular complexity index is 197. The molecule has 0 fully saturated rings. The van der Waals surface area contributed by atoms with E-state index in [4.69, 9.17) is 5.11 Å². The van der Waals surface area contributed by atoms with Crippen molar-refractivity contribution in [3.8, 4) is 0 Å². The number of aliphatic carboxylic acids is 1. The molecule has 0 aliphatic carbocycles. The van der Waals surface area contributed by atoms with Crippen LogP contribution < -0.4 is 5.32 Å². The second kappa shape index (κ2) is 5.61. The van der Waals surface area contributed by atoms with Crippen LogP contribution in [-0.4, -0.2) is 34.2 Å². The molecule has 2 unspecified atom stereocenters. The molecule has 0 heterocycles. The molecule has 0 rings (SSSR count). The highest BCUT2D eigenvalue weighted by Crippen LogP contribution is 2.20. The number of hydrogen-bond acceptors (Lipinski definition) is 3. The van der Waals surface area contributed by atoms with E-state index in [-0.39, 0.29) is 6.04 Å². The van der Waals surface area contributed by atoms with Crippen LogP contribution in [0, 0.1) is 0 Å². The number of carboxylic acids is 1. The summed E-state index contributed by atoms with van der Waals surface area (Å²) < 4.78 is 0. The molecule has 2 N–H and O–H groups in total. The van der Waals surface area contributed by atoms with E-state index in [1.807, 2.05) is 27.0 Å². The lowest BCUT2D eigenvalue weighted by atomic mass is 9.95. The lowest BCUT2D eigenvalue weighted by molar-refractivity contribution is -0.144. The minimum Gasteiger partial charge on any atom is -0.480 e. The number of carboxylic acid groups (broad SMARTS) is 1. The van der Waals surface area contributed by atoms with Gasteiger partial charge in [-0.15, -0.1) is 0 Å². The van der Waals surface area contributed by atoms with Crippen molar-refractivity contribution in [2.24, 2.45) is 0 Å². The van der Waals surface area contributed by atoms with Crippen LogP contribution in [0.1, 0.15) is 34.1 Å². The van der Waals surface area contributed by atoms with Gasteiger partial charge in [-0.2, -0.15) is 11.8 Å². The van der Waals surface area contributed by atoms with Crippen molar-refractivity contribution in [1.82, 2.24) is 5.32 Å². The van der Waals surface area contributed by atoms with E-state index in [2.05, 4.69) is 5.32 Å². The molecule has 0 radical (unpaired) electrons. The molecular formula is C10H21NO2S. The summed E-state index contributed by atoms with van der Waals surface area (Å²) in [5.74, 6) is -0.771. The largest absolute Gasteiger partial charge is 0.480 e. The van der Waals surface area contributed by atoms with Crippen LogP contribution >= 0.6 is 11.8 Å². The quantitative estimate of drug-likeness (QED) is 0.717. The smallest absolute Gasteiger partial charge is 0.323 e. The summed E-state index contributed by atoms with van der Waals surface area (Å²) in [6.07, 6.45) is 2.64. The molecule has 0 aromatic heterocycles. The zero-order valence-electron chi connectivity index (χ0n) is 9.63. The third kappa shape index (κ3) is 4.33. The molecule has 0 bridgehead atoms. The Morgan fingerprint density at radius 1 is 1.50 bits per heavy atom. The van der Waals surface area contributed by atoms with Crippen molar-refractivity contribution in [2.45, 2.75) is 50.9 Å². The average Bonchev–Trinajstić information content (AvgIpc) is 2.02. The molecule has 0 aromatic rings. The lowest BCUT2D eigenvalue weighted by Crippen LogP contribution is -2.53. The second-order valence-corrected chi connectivity index (χ2v) is 5.46. The summed E-state index contributed by atoms with van der Waals surface area (Å²) in [7, 11) is 0. The van der Waals surface area contributed by atoms with Gasteiger partial charge in [0.2, 0.25) is 0 Å². The van der Waals surface area contributed by atoms with Crippen molar-refractivity contribution in [1.29, 1.82) is 0 Å². The average molecular weight is 219 g/mol. The van der Waals surface area contributed by atoms with Crippen LogP contribution in [0.4, 0.5) is 0 Å². The minimum absolute atomic E-state index is 0.185. The maximum atomic E-state index is 11.1. The van der Waals surface area contributed by atoms with E-state index in [1.54, 1.807) is 18.7 Å². The Balaban J connectivity index is 4.47. The van der Waals surface area contributed by atoms with Crippen molar-refractivity contribution < 1.29 is 9.90 Å². The van der Waals surface area contributed by atoms with Crippen molar-refractivity contribution in [3.63, 3.8) is 0 Å². The first kappa shape index (κ1) is 13.8. The summed E-state index contributed by atoms with van der Waals surface area (Å²) in [6.45, 7) is 7.73. The predicted molar refractivity (Wildman–Crippen MR) is 61.9 cm³/mol. The molecule has 0 saturated carbocycles. The van der Waals surface area contributed by atoms with E-state index < -0.39 is 11.5 Å². The molecule has 4 heteroatoms. The Hall–Kier alpha value is -0.220. The van der Waals surface area contributed by atoms with E-state index in [1.165, 1.54) is 0 Å². The van der Waals surface area contributed by atoms with Gasteiger partial charge in [-0.25, -0.2) is 0 Å². The number of hydrogen-bond donors (Lipinski definition) is 2. The maximum Gasteiger partial charge on any atom is 0.323 e. The molecule has 2 atom stereocenters. The van der Waals surface area contributed by atoms with Gasteiger partial charge in [-0.3, -0.25) is 10.1 Å². The molecule has 0 saturated heterocycles. The molecule has 84 valence electrons. The molecule has 3 nitrogen and oxygen atoms in total. The van der Waals surface area contributed by atoms with Crippen molar-refractivity contribution in [2.75, 3.05) is 6.26 Å². The van der Waals surface area contributed by atoms with Gasteiger partial charge in [0.25, 0.3) is 0 Å². The second-order valence-electron chi connectivity index (χ2n) is 4.19. The molecule has 14 heavy (non-hydrogen) atoms. The number of rotatable bonds is 6. The molecule has 0 aliphatic heterocycles. The monoisotopic (exact) mass is 219 g/mol. The topological polar surface area (TPSA) is 49.3 Å². The van der Waals surface area contributed by atoms with Gasteiger partial charge < -0.3 is 5.11 Å². The Labute approximate surface area is 90.7 Å². The predicted octanol–water partition coefficient (Wildman–Crippen LogP) is 1.97. The van der Waals surface area contributed by atoms with Crippen LogP contribution in [-0.2, 0) is 4.79 Å². The summed E-state index contributed by atoms with van der Waals surface area (Å²) in [5, 5.41) is 12.6. The van der Waals surface area contributed by atoms with E-state index in [0.29, 0.717) is 11.7 Å². The van der Waals surface area contributed by atoms with Crippen LogP contribution in [0.5, 0.6) is 0 Å². The van der Waals surface area contributed by atoms with E-state index in [9.17, 15) is 4.79 Å². The fourth-order valence-electron chi connectivity index (χ4n) is 1.50. The van der Waals surface area contributed by atoms with Crippen molar-refractivity contribution in [3.05, 3.63) is 0 Å². The van der Waals surface area contributed by atoms with Crippen molar-refractivity contribution >= 4 is 17.7 Å². The van der Waals surface area contributed by atoms with Gasteiger partial charge in [0.1, 0.15) is 5.54 Å². The standard InChI is InChI=1S/C10H21NO2S/c1-7(2)11-10(4,9(12)13)6-8(3)14-5/h7-8,11H,6H2,1-5H3,(H,12,13). The molecule has 0 amide bonds. The zero-order chi connectivity index (χ0) is 11.4. The van der Waals surface area contributed by atoms with Gasteiger partial charge in [-0.1, -0.05) is 6.92 Å². The van der Waals surface area contributed by atoms with Crippen LogP contribution in [0.3, 0.4) is 0 Å². The SMILES string of the molecule is CSC(C)CC(C)(NC(C)C)C(=O)O. The third-order valence-electron chi connectivity index (χ3n) is 2.18. The highest BCUT2D eigenvalue weighted by molar-refractivity contribution is 7.99. The first-order chi connectivity index (χ1) is 6.31. The fourth-order valence-corrected chi connectivity index (χ4v) is 2.00. The minimum atomic E-state index is -0.809. The molecule has 0 aromatic carbocycles. The van der Waals surface area contributed by atoms with E-state index >= 15 is 0 Å². The van der Waals surface area contributed by atoms with Gasteiger partial charge in [0.15, 0.2) is 0 Å². The first-order valence-corrected chi connectivity index (χ1v) is 6.14. The zero-order valence-corrected chi connectivity index (χ0v) is 10.4. The molecular weight excluding hydrogens is 198 g/mol. The van der Waals surface area contributed by atoms with Gasteiger partial charge in [0.05, 0.1) is 0 Å². The van der Waals surface area contributed by atoms with Gasteiger partial charge >= 0.3 is 5.97 Å². The highest BCUT2D eigenvalue weighted by atomic mass is 32.2. The number of carbonyl (C=O) groups is 1. The number of thioether (sulfide) groups is 1. The Morgan fingerprint density at radius 2 is 2.00 bits per heavy atom. The van der Waals surface area contributed by atoms with Crippen LogP contribution in [0.15, 0.2) is 0 Å². The number of nitrogens with one attached hydrogen (secondary N) is 1. The van der Waals surface area contributed by atoms with Gasteiger partial charge in [0, 0.05) is 11.3 Å². The van der Waals surface area contributed by atoms with Crippen LogP contribution in [0.2, 0.25) is 0 Å². The summed E-state index contributed by atoms with van der Waals surface area (Å²) in [6, 6.07) is 0.185. The summed E-state index contributed by atoms with van der Waals surface area (Å²) >= 11 is 1.69. The Kier molecular flexibility index (Phi) is 5.52. The molecule has 0 spiro atoms. The lowest BCUT2D eigenvalue weighted by Gasteiger charge is -2.30. The Morgan fingerprint density at radius 3 is 2.29 bits per heavy atom. The third-order valence-corrected chi connectivity index (χ3v) is 3.15. The first-order valence-electron chi connectivity index (χ1n) is 4.85. The van der Waals surface area contributed by atoms with E-state index in [0.717, 1.165) is 0 Å². The summed E-state index contributed by atoms with van der Waals surface area (Å²) in [4.78, 5) is 11.1. The normalized spacial score (nSPS) is 17.9. The summed E-state index contributed by atoms with van der Waals surface area (Å²) in [5.41, 5.74) is -0.809. The highest BCUT2D eigenvalue weighted by Gasteiger charge is 2.34. The van der Waals surface area contributed by atoms with Gasteiger partial charge in [-0.05, 0) is 33.4 Å². The maximum absolute atomic E-state index is 11.1. The van der Waals surface area contributed by atoms with Crippen LogP contribution in [0.25, 0.3) is 0 Å². The fraction of sp³-hybridized carbons (Fsp3) is 0.900.